The minimum Gasteiger partial charge on any atom is -1.00 e. The van der Waals surface area contributed by atoms with E-state index in [1.807, 2.05) is 0 Å². The predicted molar refractivity (Wildman–Crippen MR) is 37.1 cm³/mol. The third-order valence-electron chi connectivity index (χ3n) is 1.55. The molecule has 0 saturated carbocycles. The Bertz CT molecular complexity index is 255. The lowest BCUT2D eigenvalue weighted by atomic mass is 10.2. The van der Waals surface area contributed by atoms with Crippen molar-refractivity contribution in [3.63, 3.8) is 0 Å². The highest BCUT2D eigenvalue weighted by Gasteiger charge is 2.04. The van der Waals surface area contributed by atoms with Gasteiger partial charge in [-0.1, -0.05) is 12.1 Å². The van der Waals surface area contributed by atoms with E-state index in [0.717, 1.165) is 0 Å². The summed E-state index contributed by atoms with van der Waals surface area (Å²) in [5.74, 6) is 0. The summed E-state index contributed by atoms with van der Waals surface area (Å²) < 4.78 is 0. The van der Waals surface area contributed by atoms with E-state index >= 15 is 0 Å². The van der Waals surface area contributed by atoms with E-state index < -0.39 is 0 Å². The van der Waals surface area contributed by atoms with E-state index in [1.54, 1.807) is 0 Å². The lowest BCUT2D eigenvalue weighted by Gasteiger charge is -1.89. The Morgan fingerprint density at radius 1 is 1.10 bits per heavy atom. The van der Waals surface area contributed by atoms with Crippen molar-refractivity contribution in [2.45, 2.75) is 0 Å². The fourth-order valence-corrected chi connectivity index (χ4v) is 1.07. The summed E-state index contributed by atoms with van der Waals surface area (Å²) in [5, 5.41) is 2.12. The fraction of sp³-hybridized carbons (Fsp3) is 0. The molecule has 1 aliphatic rings. The van der Waals surface area contributed by atoms with E-state index in [9.17, 15) is 0 Å². The van der Waals surface area contributed by atoms with Gasteiger partial charge in [-0.2, -0.15) is 0 Å². The van der Waals surface area contributed by atoms with Crippen molar-refractivity contribution < 1.29 is 22.3 Å². The van der Waals surface area contributed by atoms with Crippen LogP contribution in [0, 0.1) is 0 Å². The van der Waals surface area contributed by atoms with Crippen molar-refractivity contribution in [3.05, 3.63) is 36.0 Å². The predicted octanol–water partition coefficient (Wildman–Crippen LogP) is -2.13. The molecule has 0 unspecified atom stereocenters. The van der Waals surface area contributed by atoms with Crippen LogP contribution in [-0.2, 0) is 0 Å². The van der Waals surface area contributed by atoms with Gasteiger partial charge in [0.15, 0.2) is 0 Å². The van der Waals surface area contributed by atoms with Gasteiger partial charge in [-0.15, -0.1) is 0 Å². The molecule has 0 spiro atoms. The van der Waals surface area contributed by atoms with Crippen LogP contribution in [0.2, 0.25) is 0 Å². The maximum atomic E-state index is 2.12. The maximum absolute atomic E-state index is 2.12. The molecule has 10 heavy (non-hydrogen) atoms. The zero-order valence-electron chi connectivity index (χ0n) is 5.42. The molecule has 0 amide bonds. The lowest BCUT2D eigenvalue weighted by Crippen LogP contribution is -3.00. The number of para-hydroxylation sites is 1. The van der Waals surface area contributed by atoms with Crippen molar-refractivity contribution in [2.75, 3.05) is 0 Å². The van der Waals surface area contributed by atoms with Gasteiger partial charge < -0.3 is 17.0 Å². The third kappa shape index (κ3) is 1.13. The Kier molecular flexibility index (Phi) is 2.25. The van der Waals surface area contributed by atoms with Gasteiger partial charge in [0.2, 0.25) is 0 Å². The number of halogens is 1. The minimum absolute atomic E-state index is 0. The summed E-state index contributed by atoms with van der Waals surface area (Å²) in [4.78, 5) is 0. The first kappa shape index (κ1) is 7.51. The molecule has 1 aromatic rings. The maximum Gasteiger partial charge on any atom is 0.141 e. The molecule has 0 fully saturated rings. The lowest BCUT2D eigenvalue weighted by molar-refractivity contribution is -0.491. The average molecular weight is 198 g/mol. The third-order valence-corrected chi connectivity index (χ3v) is 1.55. The summed E-state index contributed by atoms with van der Waals surface area (Å²) in [5.41, 5.74) is 2.66. The SMILES string of the molecule is C1=Cc2ccccc2[NH2+]1.[Br-]. The number of hydrogen-bond donors (Lipinski definition) is 1. The Morgan fingerprint density at radius 2 is 1.90 bits per heavy atom. The molecule has 2 rings (SSSR count). The van der Waals surface area contributed by atoms with Gasteiger partial charge in [-0.25, -0.2) is 0 Å². The van der Waals surface area contributed by atoms with Crippen LogP contribution in [0.1, 0.15) is 5.56 Å². The second-order valence-corrected chi connectivity index (χ2v) is 2.15. The van der Waals surface area contributed by atoms with E-state index in [4.69, 9.17) is 0 Å². The Hall–Kier alpha value is -0.600. The smallest absolute Gasteiger partial charge is 0.141 e. The summed E-state index contributed by atoms with van der Waals surface area (Å²) in [6, 6.07) is 8.36. The normalized spacial score (nSPS) is 12.4. The molecule has 2 N–H and O–H groups in total. The molecule has 0 saturated heterocycles. The number of rotatable bonds is 0. The number of nitrogens with two attached hydrogens (primary N) is 1. The van der Waals surface area contributed by atoms with Gasteiger partial charge in [0.25, 0.3) is 0 Å². The summed E-state index contributed by atoms with van der Waals surface area (Å²) in [6.45, 7) is 0. The van der Waals surface area contributed by atoms with Crippen molar-refractivity contribution in [2.24, 2.45) is 0 Å². The second kappa shape index (κ2) is 2.99. The quantitative estimate of drug-likeness (QED) is 0.458. The topological polar surface area (TPSA) is 16.6 Å². The Labute approximate surface area is 70.5 Å². The van der Waals surface area contributed by atoms with Crippen LogP contribution in [-0.4, -0.2) is 0 Å². The molecule has 0 aromatic heterocycles. The number of quaternary nitrogens is 1. The van der Waals surface area contributed by atoms with Crippen LogP contribution < -0.4 is 22.3 Å². The van der Waals surface area contributed by atoms with Gasteiger partial charge >= 0.3 is 0 Å². The highest BCUT2D eigenvalue weighted by Crippen LogP contribution is 2.13. The van der Waals surface area contributed by atoms with Crippen LogP contribution >= 0.6 is 0 Å². The molecule has 52 valence electrons. The summed E-state index contributed by atoms with van der Waals surface area (Å²) in [6.07, 6.45) is 4.19. The van der Waals surface area contributed by atoms with Gasteiger partial charge in [0, 0.05) is 17.7 Å². The second-order valence-electron chi connectivity index (χ2n) is 2.15. The Balaban J connectivity index is 0.000000500. The summed E-state index contributed by atoms with van der Waals surface area (Å²) >= 11 is 0. The molecule has 0 radical (unpaired) electrons. The molecule has 1 aliphatic heterocycles. The van der Waals surface area contributed by atoms with E-state index in [0.29, 0.717) is 0 Å². The monoisotopic (exact) mass is 197 g/mol. The average Bonchev–Trinajstić information content (AvgIpc) is 2.33. The van der Waals surface area contributed by atoms with Crippen LogP contribution in [0.5, 0.6) is 0 Å². The van der Waals surface area contributed by atoms with Gasteiger partial charge in [-0.05, 0) is 6.07 Å². The number of fused-ring (bicyclic) bond motifs is 1. The van der Waals surface area contributed by atoms with Crippen LogP contribution in [0.3, 0.4) is 0 Å². The molecule has 1 nitrogen and oxygen atoms in total. The molecular weight excluding hydrogens is 190 g/mol. The largest absolute Gasteiger partial charge is 1.00 e. The van der Waals surface area contributed by atoms with E-state index in [-0.39, 0.29) is 17.0 Å². The molecular formula is C8H8BrN. The van der Waals surface area contributed by atoms with Crippen LogP contribution in [0.15, 0.2) is 30.5 Å². The van der Waals surface area contributed by atoms with E-state index in [2.05, 4.69) is 41.9 Å². The van der Waals surface area contributed by atoms with Crippen molar-refractivity contribution in [1.82, 2.24) is 0 Å². The molecule has 0 atom stereocenters. The number of benzene rings is 1. The zero-order chi connectivity index (χ0) is 6.10. The van der Waals surface area contributed by atoms with Crippen LogP contribution in [0.4, 0.5) is 5.69 Å². The van der Waals surface area contributed by atoms with Gasteiger partial charge in [0.05, 0.1) is 6.20 Å². The first-order chi connectivity index (χ1) is 4.47. The van der Waals surface area contributed by atoms with E-state index in [1.165, 1.54) is 11.3 Å². The highest BCUT2D eigenvalue weighted by molar-refractivity contribution is 5.62. The van der Waals surface area contributed by atoms with Crippen molar-refractivity contribution in [1.29, 1.82) is 0 Å². The molecule has 1 heterocycles. The standard InChI is InChI=1S/C8H7N.BrH/c1-2-4-8-7(3-1)5-6-9-8;/h1-6,9H;1H. The minimum atomic E-state index is 0. The first-order valence-electron chi connectivity index (χ1n) is 3.07. The highest BCUT2D eigenvalue weighted by atomic mass is 79.9. The zero-order valence-corrected chi connectivity index (χ0v) is 7.01. The molecule has 1 aromatic carbocycles. The first-order valence-corrected chi connectivity index (χ1v) is 3.07. The van der Waals surface area contributed by atoms with Crippen LogP contribution in [0.25, 0.3) is 6.08 Å². The number of hydrogen-bond acceptors (Lipinski definition) is 0. The van der Waals surface area contributed by atoms with Crippen molar-refractivity contribution >= 4 is 11.8 Å². The molecule has 2 heteroatoms. The Morgan fingerprint density at radius 3 is 2.70 bits per heavy atom. The molecule has 0 aliphatic carbocycles. The van der Waals surface area contributed by atoms with Crippen molar-refractivity contribution in [3.8, 4) is 0 Å². The molecule has 0 bridgehead atoms. The fourth-order valence-electron chi connectivity index (χ4n) is 1.07. The summed E-state index contributed by atoms with van der Waals surface area (Å²) in [7, 11) is 0. The van der Waals surface area contributed by atoms with Gasteiger partial charge in [0.1, 0.15) is 5.69 Å². The van der Waals surface area contributed by atoms with Gasteiger partial charge in [-0.3, -0.25) is 5.32 Å².